The van der Waals surface area contributed by atoms with Crippen molar-refractivity contribution >= 4 is 17.3 Å². The second-order valence-electron chi connectivity index (χ2n) is 3.56. The molecule has 0 amide bonds. The van der Waals surface area contributed by atoms with E-state index in [1.165, 1.54) is 11.3 Å². The summed E-state index contributed by atoms with van der Waals surface area (Å²) >= 11 is 1.37. The predicted molar refractivity (Wildman–Crippen MR) is 59.3 cm³/mol. The van der Waals surface area contributed by atoms with Gasteiger partial charge in [-0.25, -0.2) is 9.78 Å². The summed E-state index contributed by atoms with van der Waals surface area (Å²) in [5.41, 5.74) is 5.75. The lowest BCUT2D eigenvalue weighted by Gasteiger charge is -2.08. The lowest BCUT2D eigenvalue weighted by molar-refractivity contribution is 0.0157. The van der Waals surface area contributed by atoms with E-state index in [9.17, 15) is 4.79 Å². The number of carbonyl (C=O) groups is 1. The SMILES string of the molecule is NCc1nc(C(=O)OCC2CCCO2)cs1. The Morgan fingerprint density at radius 2 is 2.62 bits per heavy atom. The number of rotatable bonds is 4. The Balaban J connectivity index is 1.82. The summed E-state index contributed by atoms with van der Waals surface area (Å²) in [5.74, 6) is -0.397. The maximum absolute atomic E-state index is 11.6. The summed E-state index contributed by atoms with van der Waals surface area (Å²) in [6.07, 6.45) is 2.05. The zero-order valence-electron chi connectivity index (χ0n) is 8.85. The van der Waals surface area contributed by atoms with Gasteiger partial charge in [0.1, 0.15) is 11.6 Å². The van der Waals surface area contributed by atoms with Gasteiger partial charge in [0.05, 0.1) is 6.10 Å². The Labute approximate surface area is 97.6 Å². The molecule has 0 aromatic carbocycles. The number of esters is 1. The Kier molecular flexibility index (Phi) is 3.87. The zero-order chi connectivity index (χ0) is 11.4. The number of ether oxygens (including phenoxy) is 2. The molecule has 1 fully saturated rings. The normalized spacial score (nSPS) is 19.9. The molecule has 0 saturated carbocycles. The lowest BCUT2D eigenvalue weighted by Crippen LogP contribution is -2.18. The molecular weight excluding hydrogens is 228 g/mol. The summed E-state index contributed by atoms with van der Waals surface area (Å²) in [6, 6.07) is 0. The summed E-state index contributed by atoms with van der Waals surface area (Å²) < 4.78 is 10.5. The Morgan fingerprint density at radius 1 is 1.75 bits per heavy atom. The van der Waals surface area contributed by atoms with Crippen molar-refractivity contribution in [2.75, 3.05) is 13.2 Å². The first kappa shape index (κ1) is 11.5. The molecule has 5 nitrogen and oxygen atoms in total. The fraction of sp³-hybridized carbons (Fsp3) is 0.600. The molecule has 1 aromatic heterocycles. The van der Waals surface area contributed by atoms with E-state index in [1.54, 1.807) is 5.38 Å². The minimum Gasteiger partial charge on any atom is -0.458 e. The topological polar surface area (TPSA) is 74.4 Å². The maximum Gasteiger partial charge on any atom is 0.357 e. The van der Waals surface area contributed by atoms with Crippen LogP contribution in [0.25, 0.3) is 0 Å². The number of hydrogen-bond donors (Lipinski definition) is 1. The second kappa shape index (κ2) is 5.38. The molecule has 0 aliphatic carbocycles. The molecule has 1 unspecified atom stereocenters. The average molecular weight is 242 g/mol. The number of thiazole rings is 1. The van der Waals surface area contributed by atoms with Crippen molar-refractivity contribution in [2.24, 2.45) is 5.73 Å². The van der Waals surface area contributed by atoms with Crippen molar-refractivity contribution in [1.82, 2.24) is 4.98 Å². The van der Waals surface area contributed by atoms with Crippen molar-refractivity contribution < 1.29 is 14.3 Å². The van der Waals surface area contributed by atoms with E-state index >= 15 is 0 Å². The molecule has 88 valence electrons. The van der Waals surface area contributed by atoms with Crippen LogP contribution >= 0.6 is 11.3 Å². The molecule has 1 atom stereocenters. The van der Waals surface area contributed by atoms with E-state index in [4.69, 9.17) is 15.2 Å². The first-order valence-corrected chi connectivity index (χ1v) is 6.10. The van der Waals surface area contributed by atoms with Crippen LogP contribution in [0.5, 0.6) is 0 Å². The van der Waals surface area contributed by atoms with Gasteiger partial charge < -0.3 is 15.2 Å². The lowest BCUT2D eigenvalue weighted by atomic mass is 10.2. The molecule has 1 aliphatic heterocycles. The van der Waals surface area contributed by atoms with Crippen LogP contribution in [0.4, 0.5) is 0 Å². The van der Waals surface area contributed by atoms with Crippen molar-refractivity contribution in [3.05, 3.63) is 16.1 Å². The summed E-state index contributed by atoms with van der Waals surface area (Å²) in [4.78, 5) is 15.6. The molecule has 16 heavy (non-hydrogen) atoms. The standard InChI is InChI=1S/C10H14N2O3S/c11-4-9-12-8(6-16-9)10(13)15-5-7-2-1-3-14-7/h6-7H,1-5,11H2. The van der Waals surface area contributed by atoms with E-state index in [-0.39, 0.29) is 6.10 Å². The van der Waals surface area contributed by atoms with Crippen LogP contribution in [0.1, 0.15) is 28.3 Å². The first-order valence-electron chi connectivity index (χ1n) is 5.23. The second-order valence-corrected chi connectivity index (χ2v) is 4.51. The first-order chi connectivity index (χ1) is 7.79. The van der Waals surface area contributed by atoms with E-state index in [0.29, 0.717) is 18.8 Å². The van der Waals surface area contributed by atoms with Crippen molar-refractivity contribution in [3.63, 3.8) is 0 Å². The third kappa shape index (κ3) is 2.78. The molecule has 0 radical (unpaired) electrons. The van der Waals surface area contributed by atoms with Crippen LogP contribution in [-0.4, -0.2) is 30.3 Å². The van der Waals surface area contributed by atoms with Gasteiger partial charge in [0, 0.05) is 18.5 Å². The number of carbonyl (C=O) groups excluding carboxylic acids is 1. The monoisotopic (exact) mass is 242 g/mol. The van der Waals surface area contributed by atoms with Crippen LogP contribution in [0.2, 0.25) is 0 Å². The van der Waals surface area contributed by atoms with Crippen molar-refractivity contribution in [2.45, 2.75) is 25.5 Å². The molecule has 1 saturated heterocycles. The zero-order valence-corrected chi connectivity index (χ0v) is 9.66. The Hall–Kier alpha value is -0.980. The smallest absolute Gasteiger partial charge is 0.357 e. The highest BCUT2D eigenvalue weighted by atomic mass is 32.1. The third-order valence-corrected chi connectivity index (χ3v) is 3.23. The molecule has 2 rings (SSSR count). The van der Waals surface area contributed by atoms with Crippen LogP contribution in [0, 0.1) is 0 Å². The van der Waals surface area contributed by atoms with Gasteiger partial charge in [-0.05, 0) is 12.8 Å². The van der Waals surface area contributed by atoms with E-state index in [1.807, 2.05) is 0 Å². The molecule has 0 bridgehead atoms. The van der Waals surface area contributed by atoms with Gasteiger partial charge in [0.15, 0.2) is 5.69 Å². The highest BCUT2D eigenvalue weighted by Gasteiger charge is 2.19. The Morgan fingerprint density at radius 3 is 3.25 bits per heavy atom. The Bertz CT molecular complexity index is 361. The minimum absolute atomic E-state index is 0.0524. The molecule has 0 spiro atoms. The molecule has 1 aromatic rings. The highest BCUT2D eigenvalue weighted by Crippen LogP contribution is 2.14. The predicted octanol–water partition coefficient (Wildman–Crippen LogP) is 0.938. The maximum atomic E-state index is 11.6. The number of nitrogens with zero attached hydrogens (tertiary/aromatic N) is 1. The summed E-state index contributed by atoms with van der Waals surface area (Å²) in [7, 11) is 0. The number of aromatic nitrogens is 1. The van der Waals surface area contributed by atoms with E-state index in [2.05, 4.69) is 4.98 Å². The van der Waals surface area contributed by atoms with E-state index in [0.717, 1.165) is 24.5 Å². The molecule has 1 aliphatic rings. The summed E-state index contributed by atoms with van der Waals surface area (Å²) in [5, 5.41) is 2.41. The van der Waals surface area contributed by atoms with Crippen molar-refractivity contribution in [3.8, 4) is 0 Å². The fourth-order valence-electron chi connectivity index (χ4n) is 1.52. The van der Waals surface area contributed by atoms with Crippen LogP contribution in [0.15, 0.2) is 5.38 Å². The van der Waals surface area contributed by atoms with Crippen molar-refractivity contribution in [1.29, 1.82) is 0 Å². The highest BCUT2D eigenvalue weighted by molar-refractivity contribution is 7.09. The molecule has 2 N–H and O–H groups in total. The fourth-order valence-corrected chi connectivity index (χ4v) is 2.16. The average Bonchev–Trinajstić information content (AvgIpc) is 2.96. The van der Waals surface area contributed by atoms with Crippen LogP contribution < -0.4 is 5.73 Å². The van der Waals surface area contributed by atoms with Gasteiger partial charge in [0.25, 0.3) is 0 Å². The largest absolute Gasteiger partial charge is 0.458 e. The molecule has 2 heterocycles. The number of nitrogens with two attached hydrogens (primary N) is 1. The van der Waals surface area contributed by atoms with Gasteiger partial charge >= 0.3 is 5.97 Å². The number of hydrogen-bond acceptors (Lipinski definition) is 6. The van der Waals surface area contributed by atoms with Crippen LogP contribution in [-0.2, 0) is 16.0 Å². The van der Waals surface area contributed by atoms with Gasteiger partial charge in [-0.3, -0.25) is 0 Å². The minimum atomic E-state index is -0.397. The van der Waals surface area contributed by atoms with Crippen LogP contribution in [0.3, 0.4) is 0 Å². The summed E-state index contributed by atoms with van der Waals surface area (Å²) in [6.45, 7) is 1.42. The van der Waals surface area contributed by atoms with Gasteiger partial charge in [-0.1, -0.05) is 0 Å². The third-order valence-electron chi connectivity index (χ3n) is 2.36. The quantitative estimate of drug-likeness (QED) is 0.795. The van der Waals surface area contributed by atoms with Gasteiger partial charge in [0.2, 0.25) is 0 Å². The van der Waals surface area contributed by atoms with E-state index < -0.39 is 5.97 Å². The molecular formula is C10H14N2O3S. The molecule has 6 heteroatoms. The van der Waals surface area contributed by atoms with Gasteiger partial charge in [-0.2, -0.15) is 0 Å². The van der Waals surface area contributed by atoms with Gasteiger partial charge in [-0.15, -0.1) is 11.3 Å².